The van der Waals surface area contributed by atoms with Gasteiger partial charge in [0.05, 0.1) is 30.0 Å². The number of pyridine rings is 1. The molecule has 0 bridgehead atoms. The maximum absolute atomic E-state index is 4.21. The van der Waals surface area contributed by atoms with Crippen molar-refractivity contribution < 1.29 is 0 Å². The molecule has 3 rings (SSSR count). The molecule has 1 aromatic carbocycles. The van der Waals surface area contributed by atoms with Gasteiger partial charge < -0.3 is 5.32 Å². The van der Waals surface area contributed by atoms with Gasteiger partial charge in [-0.25, -0.2) is 9.97 Å². The average Bonchev–Trinajstić information content (AvgIpc) is 2.40. The van der Waals surface area contributed by atoms with E-state index in [1.807, 2.05) is 24.4 Å². The monoisotopic (exact) mass is 222 g/mol. The third kappa shape index (κ3) is 1.92. The van der Waals surface area contributed by atoms with Gasteiger partial charge in [0, 0.05) is 17.0 Å². The predicted molar refractivity (Wildman–Crippen MR) is 67.1 cm³/mol. The van der Waals surface area contributed by atoms with Crippen LogP contribution in [0.4, 0.5) is 11.4 Å². The van der Waals surface area contributed by atoms with Gasteiger partial charge in [-0.05, 0) is 0 Å². The summed E-state index contributed by atoms with van der Waals surface area (Å²) in [4.78, 5) is 12.1. The molecule has 82 valence electrons. The van der Waals surface area contributed by atoms with Gasteiger partial charge in [-0.2, -0.15) is 0 Å². The SMILES string of the molecule is c1ccc2c(Nc3cncnc3)cncc2c1. The standard InChI is InChI=1S/C13H10N4/c1-2-4-12-10(3-1)5-14-8-13(12)17-11-6-15-9-16-7-11/h1-9,17H. The minimum atomic E-state index is 0.852. The molecule has 17 heavy (non-hydrogen) atoms. The van der Waals surface area contributed by atoms with Crippen molar-refractivity contribution in [3.63, 3.8) is 0 Å². The molecule has 0 aliphatic heterocycles. The molecular weight excluding hydrogens is 212 g/mol. The normalized spacial score (nSPS) is 10.4. The number of hydrogen-bond donors (Lipinski definition) is 1. The van der Waals surface area contributed by atoms with E-state index in [-0.39, 0.29) is 0 Å². The Kier molecular flexibility index (Phi) is 2.38. The minimum Gasteiger partial charge on any atom is -0.351 e. The zero-order valence-electron chi connectivity index (χ0n) is 9.04. The number of hydrogen-bond acceptors (Lipinski definition) is 4. The average molecular weight is 222 g/mol. The smallest absolute Gasteiger partial charge is 0.115 e. The van der Waals surface area contributed by atoms with Gasteiger partial charge in [-0.3, -0.25) is 4.98 Å². The molecule has 0 unspecified atom stereocenters. The van der Waals surface area contributed by atoms with E-state index in [0.29, 0.717) is 0 Å². The van der Waals surface area contributed by atoms with Crippen molar-refractivity contribution in [3.8, 4) is 0 Å². The maximum atomic E-state index is 4.21. The van der Waals surface area contributed by atoms with Crippen LogP contribution in [0.2, 0.25) is 0 Å². The summed E-state index contributed by atoms with van der Waals surface area (Å²) in [6.07, 6.45) is 8.62. The molecule has 2 aromatic heterocycles. The predicted octanol–water partition coefficient (Wildman–Crippen LogP) is 2.77. The van der Waals surface area contributed by atoms with E-state index >= 15 is 0 Å². The van der Waals surface area contributed by atoms with E-state index in [2.05, 4.69) is 26.3 Å². The van der Waals surface area contributed by atoms with Crippen LogP contribution in [-0.2, 0) is 0 Å². The topological polar surface area (TPSA) is 50.7 Å². The number of nitrogens with one attached hydrogen (secondary N) is 1. The molecule has 0 atom stereocenters. The first-order valence-electron chi connectivity index (χ1n) is 5.28. The fourth-order valence-electron chi connectivity index (χ4n) is 1.74. The number of rotatable bonds is 2. The Hall–Kier alpha value is -2.49. The highest BCUT2D eigenvalue weighted by Crippen LogP contribution is 2.24. The molecule has 1 N–H and O–H groups in total. The van der Waals surface area contributed by atoms with Gasteiger partial charge in [-0.15, -0.1) is 0 Å². The lowest BCUT2D eigenvalue weighted by molar-refractivity contribution is 1.17. The summed E-state index contributed by atoms with van der Waals surface area (Å²) in [5.74, 6) is 0. The molecule has 0 aliphatic rings. The Bertz CT molecular complexity index is 632. The zero-order valence-corrected chi connectivity index (χ0v) is 9.04. The quantitative estimate of drug-likeness (QED) is 0.724. The zero-order chi connectivity index (χ0) is 11.5. The largest absolute Gasteiger partial charge is 0.351 e. The van der Waals surface area contributed by atoms with Gasteiger partial charge in [0.25, 0.3) is 0 Å². The molecule has 2 heterocycles. The number of nitrogens with zero attached hydrogens (tertiary/aromatic N) is 3. The second-order valence-corrected chi connectivity index (χ2v) is 3.66. The maximum Gasteiger partial charge on any atom is 0.115 e. The highest BCUT2D eigenvalue weighted by Gasteiger charge is 2.01. The minimum absolute atomic E-state index is 0.852. The number of fused-ring (bicyclic) bond motifs is 1. The molecule has 0 spiro atoms. The molecule has 0 amide bonds. The Morgan fingerprint density at radius 2 is 1.65 bits per heavy atom. The van der Waals surface area contributed by atoms with Crippen LogP contribution >= 0.6 is 0 Å². The van der Waals surface area contributed by atoms with Crippen LogP contribution < -0.4 is 5.32 Å². The van der Waals surface area contributed by atoms with Crippen LogP contribution in [0.1, 0.15) is 0 Å². The van der Waals surface area contributed by atoms with Gasteiger partial charge in [0.1, 0.15) is 6.33 Å². The van der Waals surface area contributed by atoms with Gasteiger partial charge in [0.2, 0.25) is 0 Å². The van der Waals surface area contributed by atoms with E-state index in [4.69, 9.17) is 0 Å². The molecule has 0 saturated heterocycles. The first-order valence-corrected chi connectivity index (χ1v) is 5.28. The first-order chi connectivity index (χ1) is 8.43. The van der Waals surface area contributed by atoms with Crippen molar-refractivity contribution in [3.05, 3.63) is 55.4 Å². The van der Waals surface area contributed by atoms with Crippen molar-refractivity contribution in [2.45, 2.75) is 0 Å². The van der Waals surface area contributed by atoms with E-state index in [0.717, 1.165) is 22.1 Å². The van der Waals surface area contributed by atoms with Crippen molar-refractivity contribution in [2.75, 3.05) is 5.32 Å². The van der Waals surface area contributed by atoms with Gasteiger partial charge >= 0.3 is 0 Å². The number of anilines is 2. The van der Waals surface area contributed by atoms with E-state index in [1.165, 1.54) is 6.33 Å². The molecule has 0 radical (unpaired) electrons. The Labute approximate surface area is 98.4 Å². The van der Waals surface area contributed by atoms with Crippen LogP contribution in [-0.4, -0.2) is 15.0 Å². The highest BCUT2D eigenvalue weighted by atomic mass is 14.9. The molecule has 4 nitrogen and oxygen atoms in total. The molecule has 0 fully saturated rings. The van der Waals surface area contributed by atoms with E-state index in [1.54, 1.807) is 18.6 Å². The lowest BCUT2D eigenvalue weighted by Gasteiger charge is -2.07. The van der Waals surface area contributed by atoms with E-state index < -0.39 is 0 Å². The molecular formula is C13H10N4. The summed E-state index contributed by atoms with van der Waals surface area (Å²) in [7, 11) is 0. The van der Waals surface area contributed by atoms with E-state index in [9.17, 15) is 0 Å². The summed E-state index contributed by atoms with van der Waals surface area (Å²) in [5, 5.41) is 5.50. The molecule has 0 aliphatic carbocycles. The van der Waals surface area contributed by atoms with Crippen LogP contribution in [0.3, 0.4) is 0 Å². The molecule has 0 saturated carbocycles. The Morgan fingerprint density at radius 1 is 0.824 bits per heavy atom. The van der Waals surface area contributed by atoms with Crippen LogP contribution in [0.15, 0.2) is 55.4 Å². The number of aromatic nitrogens is 3. The van der Waals surface area contributed by atoms with Crippen LogP contribution in [0.5, 0.6) is 0 Å². The van der Waals surface area contributed by atoms with Crippen molar-refractivity contribution in [1.82, 2.24) is 15.0 Å². The Balaban J connectivity index is 2.06. The van der Waals surface area contributed by atoms with Crippen molar-refractivity contribution in [1.29, 1.82) is 0 Å². The summed E-state index contributed by atoms with van der Waals surface area (Å²) >= 11 is 0. The van der Waals surface area contributed by atoms with Crippen LogP contribution in [0, 0.1) is 0 Å². The van der Waals surface area contributed by atoms with Crippen molar-refractivity contribution >= 4 is 22.1 Å². The lowest BCUT2D eigenvalue weighted by Crippen LogP contribution is -1.93. The highest BCUT2D eigenvalue weighted by molar-refractivity contribution is 5.94. The summed E-state index contributed by atoms with van der Waals surface area (Å²) in [6, 6.07) is 8.10. The van der Waals surface area contributed by atoms with Crippen molar-refractivity contribution in [2.24, 2.45) is 0 Å². The van der Waals surface area contributed by atoms with Gasteiger partial charge in [-0.1, -0.05) is 24.3 Å². The molecule has 4 heteroatoms. The molecule has 3 aromatic rings. The van der Waals surface area contributed by atoms with Gasteiger partial charge in [0.15, 0.2) is 0 Å². The van der Waals surface area contributed by atoms with Crippen LogP contribution in [0.25, 0.3) is 10.8 Å². The summed E-state index contributed by atoms with van der Waals surface area (Å²) in [6.45, 7) is 0. The second-order valence-electron chi connectivity index (χ2n) is 3.66. The third-order valence-electron chi connectivity index (χ3n) is 2.51. The summed E-state index contributed by atoms with van der Waals surface area (Å²) in [5.41, 5.74) is 1.81. The number of benzene rings is 1. The fourth-order valence-corrected chi connectivity index (χ4v) is 1.74. The fraction of sp³-hybridized carbons (Fsp3) is 0. The lowest BCUT2D eigenvalue weighted by atomic mass is 10.1. The summed E-state index contributed by atoms with van der Waals surface area (Å²) < 4.78 is 0. The second kappa shape index (κ2) is 4.17. The Morgan fingerprint density at radius 3 is 2.53 bits per heavy atom. The first kappa shape index (κ1) is 9.72. The third-order valence-corrected chi connectivity index (χ3v) is 2.51.